The van der Waals surface area contributed by atoms with E-state index in [-0.39, 0.29) is 17.3 Å². The lowest BCUT2D eigenvalue weighted by molar-refractivity contribution is 0.0986. The number of anilines is 1. The van der Waals surface area contributed by atoms with Gasteiger partial charge in [-0.15, -0.1) is 0 Å². The van der Waals surface area contributed by atoms with Crippen LogP contribution < -0.4 is 9.64 Å². The van der Waals surface area contributed by atoms with Crippen LogP contribution in [0.5, 0.6) is 5.75 Å². The van der Waals surface area contributed by atoms with Gasteiger partial charge in [-0.2, -0.15) is 4.31 Å². The fourth-order valence-electron chi connectivity index (χ4n) is 4.32. The van der Waals surface area contributed by atoms with Gasteiger partial charge in [-0.25, -0.2) is 13.4 Å². The number of amides is 1. The highest BCUT2D eigenvalue weighted by Crippen LogP contribution is 2.32. The lowest BCUT2D eigenvalue weighted by Gasteiger charge is -2.22. The second-order valence-corrected chi connectivity index (χ2v) is 12.6. The first kappa shape index (κ1) is 29.7. The molecule has 0 atom stereocenters. The Hall–Kier alpha value is -3.31. The lowest BCUT2D eigenvalue weighted by atomic mass is 10.2. The number of thiazole rings is 1. The molecule has 0 radical (unpaired) electrons. The van der Waals surface area contributed by atoms with Crippen molar-refractivity contribution in [1.82, 2.24) is 14.2 Å². The number of sulfonamides is 1. The van der Waals surface area contributed by atoms with Gasteiger partial charge in [0.2, 0.25) is 10.0 Å². The molecule has 0 saturated heterocycles. The number of carbonyl (C=O) groups is 1. The van der Waals surface area contributed by atoms with Gasteiger partial charge in [-0.3, -0.25) is 9.69 Å². The molecule has 4 rings (SSSR count). The van der Waals surface area contributed by atoms with Gasteiger partial charge in [0.15, 0.2) is 5.13 Å². The molecular formula is C30H36N4O4S2. The smallest absolute Gasteiger partial charge is 0.260 e. The molecule has 8 nitrogen and oxygen atoms in total. The molecule has 0 N–H and O–H groups in total. The van der Waals surface area contributed by atoms with Crippen LogP contribution in [0.15, 0.2) is 77.7 Å². The van der Waals surface area contributed by atoms with E-state index in [4.69, 9.17) is 9.72 Å². The molecule has 4 aromatic rings. The molecule has 1 heterocycles. The van der Waals surface area contributed by atoms with Gasteiger partial charge in [0, 0.05) is 25.2 Å². The van der Waals surface area contributed by atoms with Gasteiger partial charge in [-0.1, -0.05) is 48.6 Å². The van der Waals surface area contributed by atoms with Crippen molar-refractivity contribution < 1.29 is 17.9 Å². The fraction of sp³-hybridized carbons (Fsp3) is 0.333. The topological polar surface area (TPSA) is 83.0 Å². The zero-order chi connectivity index (χ0) is 28.7. The predicted octanol–water partition coefficient (Wildman–Crippen LogP) is 5.50. The molecule has 3 aromatic carbocycles. The molecule has 0 aliphatic rings. The molecule has 212 valence electrons. The molecule has 0 aliphatic carbocycles. The average molecular weight is 581 g/mol. The summed E-state index contributed by atoms with van der Waals surface area (Å²) in [6.45, 7) is 6.24. The summed E-state index contributed by atoms with van der Waals surface area (Å²) >= 11 is 1.44. The van der Waals surface area contributed by atoms with E-state index in [1.165, 1.54) is 27.8 Å². The molecule has 1 aromatic heterocycles. The number of nitrogens with zero attached hydrogens (tertiary/aromatic N) is 4. The maximum Gasteiger partial charge on any atom is 0.260 e. The van der Waals surface area contributed by atoms with E-state index in [1.807, 2.05) is 76.5 Å². The highest BCUT2D eigenvalue weighted by Gasteiger charge is 2.25. The van der Waals surface area contributed by atoms with Crippen LogP contribution in [0, 0.1) is 0 Å². The highest BCUT2D eigenvalue weighted by atomic mass is 32.2. The van der Waals surface area contributed by atoms with Crippen molar-refractivity contribution in [3.63, 3.8) is 0 Å². The first-order valence-corrected chi connectivity index (χ1v) is 15.6. The Morgan fingerprint density at radius 2 is 1.68 bits per heavy atom. The van der Waals surface area contributed by atoms with Crippen LogP contribution in [-0.2, 0) is 16.6 Å². The SMILES string of the molecule is CCOc1ccc2nc(N(CCCN(C)C)C(=O)c3ccc(S(=O)(=O)N(CC)Cc4ccccc4)cc3)sc2c1. The number of carbonyl (C=O) groups excluding carboxylic acids is 1. The number of fused-ring (bicyclic) bond motifs is 1. The molecule has 10 heteroatoms. The van der Waals surface area contributed by atoms with Crippen LogP contribution in [-0.4, -0.2) is 68.9 Å². The van der Waals surface area contributed by atoms with Crippen molar-refractivity contribution in [1.29, 1.82) is 0 Å². The molecule has 40 heavy (non-hydrogen) atoms. The third kappa shape index (κ3) is 7.06. The zero-order valence-corrected chi connectivity index (χ0v) is 25.0. The van der Waals surface area contributed by atoms with E-state index >= 15 is 0 Å². The Morgan fingerprint density at radius 1 is 0.950 bits per heavy atom. The van der Waals surface area contributed by atoms with Crippen molar-refractivity contribution >= 4 is 42.6 Å². The van der Waals surface area contributed by atoms with Crippen LogP contribution in [0.2, 0.25) is 0 Å². The van der Waals surface area contributed by atoms with Gasteiger partial charge in [0.1, 0.15) is 5.75 Å². The Balaban J connectivity index is 1.59. The van der Waals surface area contributed by atoms with Gasteiger partial charge >= 0.3 is 0 Å². The summed E-state index contributed by atoms with van der Waals surface area (Å²) in [6, 6.07) is 21.4. The van der Waals surface area contributed by atoms with Crippen LogP contribution >= 0.6 is 11.3 Å². The summed E-state index contributed by atoms with van der Waals surface area (Å²) in [6.07, 6.45) is 0.760. The minimum Gasteiger partial charge on any atom is -0.494 e. The maximum absolute atomic E-state index is 13.8. The van der Waals surface area contributed by atoms with Crippen LogP contribution in [0.1, 0.15) is 36.2 Å². The van der Waals surface area contributed by atoms with E-state index in [1.54, 1.807) is 17.0 Å². The summed E-state index contributed by atoms with van der Waals surface area (Å²) in [7, 11) is 0.258. The number of aromatic nitrogens is 1. The number of ether oxygens (including phenoxy) is 1. The van der Waals surface area contributed by atoms with Gasteiger partial charge in [-0.05, 0) is 82.0 Å². The number of rotatable bonds is 13. The standard InChI is InChI=1S/C30H36N4O4S2/c1-5-33(22-23-11-8-7-9-12-23)40(36,37)26-16-13-24(14-17-26)29(35)34(20-10-19-32(3)4)30-31-27-18-15-25(38-6-2)21-28(27)39-30/h7-9,11-18,21H,5-6,10,19-20,22H2,1-4H3. The zero-order valence-electron chi connectivity index (χ0n) is 23.4. The molecule has 0 bridgehead atoms. The summed E-state index contributed by atoms with van der Waals surface area (Å²) in [5.41, 5.74) is 2.12. The molecule has 0 spiro atoms. The quantitative estimate of drug-likeness (QED) is 0.208. The maximum atomic E-state index is 13.8. The highest BCUT2D eigenvalue weighted by molar-refractivity contribution is 7.89. The number of hydrogen-bond acceptors (Lipinski definition) is 7. The molecule has 0 aliphatic heterocycles. The Kier molecular flexibility index (Phi) is 9.91. The van der Waals surface area contributed by atoms with Gasteiger partial charge in [0.25, 0.3) is 5.91 Å². The van der Waals surface area contributed by atoms with E-state index in [2.05, 4.69) is 4.90 Å². The third-order valence-electron chi connectivity index (χ3n) is 6.42. The summed E-state index contributed by atoms with van der Waals surface area (Å²) in [4.78, 5) is 22.4. The molecule has 0 unspecified atom stereocenters. The van der Waals surface area contributed by atoms with Crippen molar-refractivity contribution in [3.8, 4) is 5.75 Å². The van der Waals surface area contributed by atoms with Gasteiger partial charge < -0.3 is 9.64 Å². The molecular weight excluding hydrogens is 544 g/mol. The van der Waals surface area contributed by atoms with Crippen molar-refractivity contribution in [2.75, 3.05) is 45.2 Å². The monoisotopic (exact) mass is 580 g/mol. The number of benzene rings is 3. The Bertz CT molecular complexity index is 1520. The largest absolute Gasteiger partial charge is 0.494 e. The van der Waals surface area contributed by atoms with Crippen molar-refractivity contribution in [2.24, 2.45) is 0 Å². The average Bonchev–Trinajstić information content (AvgIpc) is 3.37. The van der Waals surface area contributed by atoms with Crippen molar-refractivity contribution in [2.45, 2.75) is 31.7 Å². The summed E-state index contributed by atoms with van der Waals surface area (Å²) in [5.74, 6) is 0.546. The van der Waals surface area contributed by atoms with Crippen molar-refractivity contribution in [3.05, 3.63) is 83.9 Å². The lowest BCUT2D eigenvalue weighted by Crippen LogP contribution is -2.33. The Morgan fingerprint density at radius 3 is 2.33 bits per heavy atom. The second kappa shape index (κ2) is 13.4. The molecule has 0 fully saturated rings. The minimum absolute atomic E-state index is 0.157. The predicted molar refractivity (Wildman–Crippen MR) is 162 cm³/mol. The third-order valence-corrected chi connectivity index (χ3v) is 9.39. The molecule has 1 amide bonds. The van der Waals surface area contributed by atoms with Gasteiger partial charge in [0.05, 0.1) is 21.7 Å². The van der Waals surface area contributed by atoms with Crippen LogP contribution in [0.4, 0.5) is 5.13 Å². The van der Waals surface area contributed by atoms with E-state index < -0.39 is 10.0 Å². The first-order chi connectivity index (χ1) is 19.2. The van der Waals surface area contributed by atoms with Crippen LogP contribution in [0.3, 0.4) is 0 Å². The van der Waals surface area contributed by atoms with E-state index in [9.17, 15) is 13.2 Å². The minimum atomic E-state index is -3.73. The Labute approximate surface area is 240 Å². The van der Waals surface area contributed by atoms with Crippen LogP contribution in [0.25, 0.3) is 10.2 Å². The summed E-state index contributed by atoms with van der Waals surface area (Å²) in [5, 5.41) is 0.601. The first-order valence-electron chi connectivity index (χ1n) is 13.4. The van der Waals surface area contributed by atoms with E-state index in [0.29, 0.717) is 30.4 Å². The number of hydrogen-bond donors (Lipinski definition) is 0. The fourth-order valence-corrected chi connectivity index (χ4v) is 6.78. The second-order valence-electron chi connectivity index (χ2n) is 9.61. The molecule has 0 saturated carbocycles. The normalized spacial score (nSPS) is 11.8. The van der Waals surface area contributed by atoms with E-state index in [0.717, 1.165) is 34.5 Å². The summed E-state index contributed by atoms with van der Waals surface area (Å²) < 4.78 is 34.8.